The minimum atomic E-state index is -0.602. The lowest BCUT2D eigenvalue weighted by Gasteiger charge is -2.36. The fraction of sp³-hybridized carbons (Fsp3) is 0.500. The van der Waals surface area contributed by atoms with Crippen molar-refractivity contribution in [2.75, 3.05) is 52.2 Å². The molecule has 3 rings (SSSR count). The predicted octanol–water partition coefficient (Wildman–Crippen LogP) is 2.35. The Labute approximate surface area is 192 Å². The molecule has 32 heavy (non-hydrogen) atoms. The van der Waals surface area contributed by atoms with Crippen molar-refractivity contribution in [1.29, 1.82) is 0 Å². The molecule has 1 atom stereocenters. The van der Waals surface area contributed by atoms with Gasteiger partial charge in [0, 0.05) is 43.3 Å². The van der Waals surface area contributed by atoms with Gasteiger partial charge in [0.15, 0.2) is 0 Å². The molecule has 10 heteroatoms. The van der Waals surface area contributed by atoms with Gasteiger partial charge in [0.2, 0.25) is 0 Å². The number of hydrogen-bond acceptors (Lipinski definition) is 7. The van der Waals surface area contributed by atoms with Gasteiger partial charge >= 0.3 is 18.1 Å². The summed E-state index contributed by atoms with van der Waals surface area (Å²) in [5.74, 6) is -0.459. The van der Waals surface area contributed by atoms with Crippen LogP contribution in [0.25, 0.3) is 0 Å². The molecule has 174 valence electrons. The van der Waals surface area contributed by atoms with E-state index >= 15 is 0 Å². The Bertz CT molecular complexity index is 866. The van der Waals surface area contributed by atoms with Crippen LogP contribution >= 0.6 is 11.8 Å². The van der Waals surface area contributed by atoms with Crippen LogP contribution in [0.15, 0.2) is 40.4 Å². The molecule has 0 aromatic heterocycles. The van der Waals surface area contributed by atoms with Crippen LogP contribution in [0, 0.1) is 0 Å². The Hall–Kier alpha value is -2.72. The molecule has 1 unspecified atom stereocenters. The molecule has 0 saturated carbocycles. The average molecular weight is 463 g/mol. The first kappa shape index (κ1) is 23.9. The van der Waals surface area contributed by atoms with Crippen molar-refractivity contribution in [2.45, 2.75) is 24.8 Å². The van der Waals surface area contributed by atoms with Gasteiger partial charge in [-0.05, 0) is 37.8 Å². The zero-order chi connectivity index (χ0) is 23.1. The monoisotopic (exact) mass is 462 g/mol. The number of carbonyl (C=O) groups excluding carboxylic acids is 3. The lowest BCUT2D eigenvalue weighted by atomic mass is 9.95. The van der Waals surface area contributed by atoms with Gasteiger partial charge in [0.05, 0.1) is 24.8 Å². The highest BCUT2D eigenvalue weighted by Gasteiger charge is 2.35. The van der Waals surface area contributed by atoms with Crippen molar-refractivity contribution < 1.29 is 23.9 Å². The molecule has 0 radical (unpaired) electrons. The molecule has 0 bridgehead atoms. The first-order valence-corrected chi connectivity index (χ1v) is 11.9. The zero-order valence-electron chi connectivity index (χ0n) is 18.7. The number of benzene rings is 1. The van der Waals surface area contributed by atoms with E-state index in [1.807, 2.05) is 30.5 Å². The van der Waals surface area contributed by atoms with E-state index in [-0.39, 0.29) is 18.7 Å². The van der Waals surface area contributed by atoms with E-state index in [1.54, 1.807) is 30.5 Å². The van der Waals surface area contributed by atoms with Crippen molar-refractivity contribution in [3.05, 3.63) is 41.1 Å². The molecule has 1 saturated heterocycles. The van der Waals surface area contributed by atoms with Gasteiger partial charge in [0.1, 0.15) is 0 Å². The molecule has 1 aromatic rings. The van der Waals surface area contributed by atoms with Gasteiger partial charge in [-0.2, -0.15) is 0 Å². The summed E-state index contributed by atoms with van der Waals surface area (Å²) in [5.41, 5.74) is 1.73. The highest BCUT2D eigenvalue weighted by atomic mass is 32.2. The SMILES string of the molecule is CCOC(=O)C1=C(CN2CCN(C(=O)OCC)CC2)NC(=O)NC1c1ccc(SC)cc1. The van der Waals surface area contributed by atoms with Crippen molar-refractivity contribution >= 4 is 29.9 Å². The predicted molar refractivity (Wildman–Crippen MR) is 121 cm³/mol. The maximum atomic E-state index is 12.9. The van der Waals surface area contributed by atoms with Crippen LogP contribution in [-0.2, 0) is 14.3 Å². The number of carbonyl (C=O) groups is 3. The number of nitrogens with one attached hydrogen (secondary N) is 2. The number of urea groups is 1. The summed E-state index contributed by atoms with van der Waals surface area (Å²) in [5, 5.41) is 5.67. The van der Waals surface area contributed by atoms with Crippen LogP contribution in [0.4, 0.5) is 9.59 Å². The largest absolute Gasteiger partial charge is 0.463 e. The van der Waals surface area contributed by atoms with Gasteiger partial charge in [0.25, 0.3) is 0 Å². The molecule has 3 amide bonds. The molecule has 1 aromatic carbocycles. The smallest absolute Gasteiger partial charge is 0.409 e. The summed E-state index contributed by atoms with van der Waals surface area (Å²) in [4.78, 5) is 42.2. The van der Waals surface area contributed by atoms with Crippen LogP contribution in [0.1, 0.15) is 25.5 Å². The molecular formula is C22H30N4O5S. The van der Waals surface area contributed by atoms with Gasteiger partial charge < -0.3 is 25.0 Å². The topological polar surface area (TPSA) is 100 Å². The molecule has 2 heterocycles. The van der Waals surface area contributed by atoms with E-state index in [9.17, 15) is 14.4 Å². The Kier molecular flexibility index (Phi) is 8.40. The fourth-order valence-corrected chi connectivity index (χ4v) is 4.17. The van der Waals surface area contributed by atoms with Gasteiger partial charge in [-0.15, -0.1) is 11.8 Å². The maximum Gasteiger partial charge on any atom is 0.409 e. The summed E-state index contributed by atoms with van der Waals surface area (Å²) in [6, 6.07) is 6.79. The van der Waals surface area contributed by atoms with Crippen molar-refractivity contribution in [2.24, 2.45) is 0 Å². The number of rotatable bonds is 7. The van der Waals surface area contributed by atoms with Crippen molar-refractivity contribution in [3.63, 3.8) is 0 Å². The van der Waals surface area contributed by atoms with Crippen molar-refractivity contribution in [1.82, 2.24) is 20.4 Å². The fourth-order valence-electron chi connectivity index (χ4n) is 3.77. The summed E-state index contributed by atoms with van der Waals surface area (Å²) in [6.45, 7) is 6.74. The third kappa shape index (κ3) is 5.74. The highest BCUT2D eigenvalue weighted by molar-refractivity contribution is 7.98. The Morgan fingerprint density at radius 1 is 1.06 bits per heavy atom. The lowest BCUT2D eigenvalue weighted by Crippen LogP contribution is -2.52. The molecule has 2 aliphatic heterocycles. The number of hydrogen-bond donors (Lipinski definition) is 2. The van der Waals surface area contributed by atoms with Gasteiger partial charge in [-0.1, -0.05) is 12.1 Å². The number of ether oxygens (including phenoxy) is 2. The van der Waals surface area contributed by atoms with E-state index in [0.29, 0.717) is 50.6 Å². The number of piperazine rings is 1. The molecule has 2 N–H and O–H groups in total. The second kappa shape index (κ2) is 11.2. The molecular weight excluding hydrogens is 432 g/mol. The first-order valence-electron chi connectivity index (χ1n) is 10.7. The van der Waals surface area contributed by atoms with Crippen LogP contribution < -0.4 is 10.6 Å². The molecule has 2 aliphatic rings. The van der Waals surface area contributed by atoms with Crippen LogP contribution in [0.2, 0.25) is 0 Å². The molecule has 9 nitrogen and oxygen atoms in total. The van der Waals surface area contributed by atoms with E-state index < -0.39 is 12.0 Å². The average Bonchev–Trinajstić information content (AvgIpc) is 2.79. The number of esters is 1. The Morgan fingerprint density at radius 2 is 1.72 bits per heavy atom. The lowest BCUT2D eigenvalue weighted by molar-refractivity contribution is -0.139. The third-order valence-corrected chi connectivity index (χ3v) is 6.12. The van der Waals surface area contributed by atoms with Crippen LogP contribution in [0.5, 0.6) is 0 Å². The number of nitrogens with zero attached hydrogens (tertiary/aromatic N) is 2. The minimum absolute atomic E-state index is 0.236. The zero-order valence-corrected chi connectivity index (χ0v) is 19.5. The summed E-state index contributed by atoms with van der Waals surface area (Å²) in [7, 11) is 0. The van der Waals surface area contributed by atoms with Gasteiger partial charge in [-0.25, -0.2) is 14.4 Å². The van der Waals surface area contributed by atoms with E-state index in [4.69, 9.17) is 9.47 Å². The van der Waals surface area contributed by atoms with E-state index in [1.165, 1.54) is 0 Å². The Morgan fingerprint density at radius 3 is 2.31 bits per heavy atom. The van der Waals surface area contributed by atoms with Crippen LogP contribution in [0.3, 0.4) is 0 Å². The maximum absolute atomic E-state index is 12.9. The summed E-state index contributed by atoms with van der Waals surface area (Å²) < 4.78 is 10.4. The van der Waals surface area contributed by atoms with E-state index in [0.717, 1.165) is 10.5 Å². The first-order chi connectivity index (χ1) is 15.5. The second-order valence-electron chi connectivity index (χ2n) is 7.38. The number of thioether (sulfide) groups is 1. The Balaban J connectivity index is 1.83. The van der Waals surface area contributed by atoms with E-state index in [2.05, 4.69) is 15.5 Å². The third-order valence-electron chi connectivity index (χ3n) is 5.38. The summed E-state index contributed by atoms with van der Waals surface area (Å²) in [6.07, 6.45) is 1.67. The minimum Gasteiger partial charge on any atom is -0.463 e. The highest BCUT2D eigenvalue weighted by Crippen LogP contribution is 2.29. The normalized spacial score (nSPS) is 19.3. The second-order valence-corrected chi connectivity index (χ2v) is 8.26. The quantitative estimate of drug-likeness (QED) is 0.474. The van der Waals surface area contributed by atoms with Crippen molar-refractivity contribution in [3.8, 4) is 0 Å². The number of amides is 3. The molecule has 0 aliphatic carbocycles. The summed E-state index contributed by atoms with van der Waals surface area (Å²) >= 11 is 1.62. The molecule has 0 spiro atoms. The molecule has 1 fully saturated rings. The standard InChI is InChI=1S/C22H30N4O5S/c1-4-30-20(27)18-17(14-25-10-12-26(13-11-25)22(29)31-5-2)23-21(28)24-19(18)15-6-8-16(32-3)9-7-15/h6-9,19H,4-5,10-14H2,1-3H3,(H2,23,24,28). The van der Waals surface area contributed by atoms with Crippen LogP contribution in [-0.4, -0.2) is 80.1 Å². The van der Waals surface area contributed by atoms with Gasteiger partial charge in [-0.3, -0.25) is 4.90 Å².